The smallest absolute Gasteiger partial charge is 0.326 e. The van der Waals surface area contributed by atoms with E-state index in [1.165, 1.54) is 6.42 Å². The van der Waals surface area contributed by atoms with Crippen LogP contribution in [-0.2, 0) is 20.8 Å². The third kappa shape index (κ3) is 6.27. The highest BCUT2D eigenvalue weighted by molar-refractivity contribution is 7.81. The van der Waals surface area contributed by atoms with Crippen LogP contribution in [0.2, 0.25) is 0 Å². The van der Waals surface area contributed by atoms with Gasteiger partial charge in [-0.25, -0.2) is 4.79 Å². The molecule has 1 aromatic carbocycles. The summed E-state index contributed by atoms with van der Waals surface area (Å²) in [6.45, 7) is 0. The van der Waals surface area contributed by atoms with Crippen LogP contribution < -0.4 is 10.6 Å². The quantitative estimate of drug-likeness (QED) is 0.380. The van der Waals surface area contributed by atoms with Gasteiger partial charge in [0.2, 0.25) is 11.8 Å². The van der Waals surface area contributed by atoms with Crippen LogP contribution in [0.3, 0.4) is 0 Å². The monoisotopic (exact) mass is 509 g/mol. The molecule has 2 amide bonds. The van der Waals surface area contributed by atoms with Gasteiger partial charge < -0.3 is 15.7 Å². The number of carbonyl (C=O) groups excluding carboxylic acids is 2. The van der Waals surface area contributed by atoms with E-state index < -0.39 is 28.7 Å². The van der Waals surface area contributed by atoms with E-state index in [-0.39, 0.29) is 18.2 Å². The molecule has 3 N–H and O–H groups in total. The second-order valence-corrected chi connectivity index (χ2v) is 10.7. The molecule has 2 aliphatic rings. The molecule has 7 nitrogen and oxygen atoms in total. The summed E-state index contributed by atoms with van der Waals surface area (Å²) in [5.41, 5.74) is 1.67. The number of nitrogens with one attached hydrogen (secondary N) is 2. The van der Waals surface area contributed by atoms with Gasteiger partial charge in [-0.05, 0) is 54.4 Å². The number of hydrogen-bond donors (Lipinski definition) is 4. The molecular weight excluding hydrogens is 474 g/mol. The number of pyridine rings is 1. The second kappa shape index (κ2) is 11.9. The molecule has 1 unspecified atom stereocenters. The third-order valence-electron chi connectivity index (χ3n) is 7.61. The highest BCUT2D eigenvalue weighted by atomic mass is 32.1. The van der Waals surface area contributed by atoms with Gasteiger partial charge in [-0.2, -0.15) is 12.6 Å². The number of rotatable bonds is 9. The van der Waals surface area contributed by atoms with Gasteiger partial charge in [-0.3, -0.25) is 14.6 Å². The topological polar surface area (TPSA) is 108 Å². The van der Waals surface area contributed by atoms with E-state index in [9.17, 15) is 19.5 Å². The summed E-state index contributed by atoms with van der Waals surface area (Å²) < 4.78 is 0. The van der Waals surface area contributed by atoms with Crippen molar-refractivity contribution in [3.05, 3.63) is 54.4 Å². The Bertz CT molecular complexity index is 1050. The average molecular weight is 510 g/mol. The van der Waals surface area contributed by atoms with E-state index in [2.05, 4.69) is 28.2 Å². The number of nitrogens with zero attached hydrogens (tertiary/aromatic N) is 1. The molecule has 0 radical (unpaired) electrons. The van der Waals surface area contributed by atoms with Crippen molar-refractivity contribution in [3.63, 3.8) is 0 Å². The van der Waals surface area contributed by atoms with Crippen molar-refractivity contribution in [3.8, 4) is 11.1 Å². The van der Waals surface area contributed by atoms with Crippen LogP contribution in [0.4, 0.5) is 0 Å². The summed E-state index contributed by atoms with van der Waals surface area (Å²) in [4.78, 5) is 42.7. The fourth-order valence-corrected chi connectivity index (χ4v) is 5.82. The van der Waals surface area contributed by atoms with Crippen LogP contribution in [0, 0.1) is 5.92 Å². The standard InChI is InChI=1S/C28H35N3O4S/c32-25(24(36)21-7-2-1-3-8-21)31-28(14-4-5-15-28)27(35)30-23(26(33)34)17-19-10-12-20(13-11-19)22-9-6-16-29-18-22/h6,9-13,16,18,21,23-24,36H,1-5,7-8,14-15,17H2,(H,30,35)(H,31,32)(H,33,34)/t23-,24?/m0/s1. The minimum Gasteiger partial charge on any atom is -0.480 e. The maximum absolute atomic E-state index is 13.4. The SMILES string of the molecule is O=C(NC1(C(=O)N[C@@H](Cc2ccc(-c3cccnc3)cc2)C(=O)O)CCCC1)C(S)C1CCCCC1. The van der Waals surface area contributed by atoms with Crippen molar-refractivity contribution < 1.29 is 19.5 Å². The van der Waals surface area contributed by atoms with Crippen molar-refractivity contribution in [1.82, 2.24) is 15.6 Å². The molecule has 2 atom stereocenters. The van der Waals surface area contributed by atoms with Crippen LogP contribution in [-0.4, -0.2) is 44.7 Å². The number of aromatic nitrogens is 1. The number of thiol groups is 1. The lowest BCUT2D eigenvalue weighted by molar-refractivity contribution is -0.143. The Morgan fingerprint density at radius 1 is 1.00 bits per heavy atom. The lowest BCUT2D eigenvalue weighted by Crippen LogP contribution is -2.61. The second-order valence-electron chi connectivity index (χ2n) is 10.1. The maximum atomic E-state index is 13.4. The molecule has 8 heteroatoms. The first kappa shape index (κ1) is 26.2. The zero-order valence-electron chi connectivity index (χ0n) is 20.5. The molecule has 192 valence electrons. The number of carboxylic acid groups (broad SMARTS) is 1. The summed E-state index contributed by atoms with van der Waals surface area (Å²) in [7, 11) is 0. The Balaban J connectivity index is 1.42. The minimum absolute atomic E-state index is 0.148. The van der Waals surface area contributed by atoms with Crippen molar-refractivity contribution >= 4 is 30.4 Å². The van der Waals surface area contributed by atoms with Gasteiger partial charge >= 0.3 is 5.97 Å². The molecule has 36 heavy (non-hydrogen) atoms. The van der Waals surface area contributed by atoms with E-state index in [0.717, 1.165) is 55.2 Å². The Morgan fingerprint density at radius 3 is 2.31 bits per heavy atom. The van der Waals surface area contributed by atoms with Crippen LogP contribution in [0.5, 0.6) is 0 Å². The molecule has 0 bridgehead atoms. The van der Waals surface area contributed by atoms with Crippen LogP contribution in [0.15, 0.2) is 48.8 Å². The molecule has 1 aromatic heterocycles. The number of carbonyl (C=O) groups is 3. The van der Waals surface area contributed by atoms with Gasteiger partial charge in [-0.15, -0.1) is 0 Å². The first-order chi connectivity index (χ1) is 17.4. The predicted molar refractivity (Wildman–Crippen MR) is 142 cm³/mol. The summed E-state index contributed by atoms with van der Waals surface area (Å²) in [6.07, 6.45) is 11.6. The first-order valence-electron chi connectivity index (χ1n) is 12.9. The van der Waals surface area contributed by atoms with Gasteiger partial charge in [0.1, 0.15) is 11.6 Å². The third-order valence-corrected chi connectivity index (χ3v) is 8.27. The zero-order chi connectivity index (χ0) is 25.5. The van der Waals surface area contributed by atoms with Gasteiger partial charge in [0.15, 0.2) is 0 Å². The summed E-state index contributed by atoms with van der Waals surface area (Å²) in [6, 6.07) is 10.3. The molecule has 0 aliphatic heterocycles. The highest BCUT2D eigenvalue weighted by Gasteiger charge is 2.45. The van der Waals surface area contributed by atoms with E-state index in [1.54, 1.807) is 12.4 Å². The van der Waals surface area contributed by atoms with Crippen molar-refractivity contribution in [2.75, 3.05) is 0 Å². The van der Waals surface area contributed by atoms with E-state index in [4.69, 9.17) is 0 Å². The highest BCUT2D eigenvalue weighted by Crippen LogP contribution is 2.33. The molecule has 0 saturated heterocycles. The minimum atomic E-state index is -1.10. The predicted octanol–water partition coefficient (Wildman–Crippen LogP) is 4.17. The van der Waals surface area contributed by atoms with Crippen LogP contribution in [0.25, 0.3) is 11.1 Å². The Labute approximate surface area is 217 Å². The van der Waals surface area contributed by atoms with Gasteiger partial charge in [0, 0.05) is 18.8 Å². The summed E-state index contributed by atoms with van der Waals surface area (Å²) in [5, 5.41) is 15.1. The van der Waals surface area contributed by atoms with E-state index in [0.29, 0.717) is 12.8 Å². The van der Waals surface area contributed by atoms with Gasteiger partial charge in [0.25, 0.3) is 0 Å². The lowest BCUT2D eigenvalue weighted by atomic mass is 9.85. The maximum Gasteiger partial charge on any atom is 0.326 e. The largest absolute Gasteiger partial charge is 0.480 e. The van der Waals surface area contributed by atoms with Gasteiger partial charge in [0.05, 0.1) is 5.25 Å². The van der Waals surface area contributed by atoms with Crippen molar-refractivity contribution in [2.45, 2.75) is 81.0 Å². The number of aliphatic carboxylic acids is 1. The first-order valence-corrected chi connectivity index (χ1v) is 13.4. The molecule has 1 heterocycles. The molecule has 4 rings (SSSR count). The lowest BCUT2D eigenvalue weighted by Gasteiger charge is -2.33. The Kier molecular flexibility index (Phi) is 8.67. The van der Waals surface area contributed by atoms with Crippen LogP contribution >= 0.6 is 12.6 Å². The molecule has 2 aliphatic carbocycles. The van der Waals surface area contributed by atoms with E-state index in [1.807, 2.05) is 36.4 Å². The number of hydrogen-bond acceptors (Lipinski definition) is 5. The Morgan fingerprint density at radius 2 is 1.69 bits per heavy atom. The number of benzene rings is 1. The molecular formula is C28H35N3O4S. The fourth-order valence-electron chi connectivity index (χ4n) is 5.46. The van der Waals surface area contributed by atoms with E-state index >= 15 is 0 Å². The fraction of sp³-hybridized carbons (Fsp3) is 0.500. The number of amides is 2. The normalized spacial score (nSPS) is 19.2. The van der Waals surface area contributed by atoms with Crippen molar-refractivity contribution in [1.29, 1.82) is 0 Å². The van der Waals surface area contributed by atoms with Crippen LogP contribution in [0.1, 0.15) is 63.4 Å². The summed E-state index contributed by atoms with van der Waals surface area (Å²) in [5.74, 6) is -1.53. The molecule has 2 saturated carbocycles. The zero-order valence-corrected chi connectivity index (χ0v) is 21.4. The molecule has 2 aromatic rings. The summed E-state index contributed by atoms with van der Waals surface area (Å²) >= 11 is 4.61. The molecule has 0 spiro atoms. The Hall–Kier alpha value is -2.87. The molecule has 2 fully saturated rings. The number of carboxylic acids is 1. The van der Waals surface area contributed by atoms with Gasteiger partial charge in [-0.1, -0.05) is 62.4 Å². The average Bonchev–Trinajstić information content (AvgIpc) is 3.39. The van der Waals surface area contributed by atoms with Crippen molar-refractivity contribution in [2.24, 2.45) is 5.92 Å².